The fourth-order valence-electron chi connectivity index (χ4n) is 5.76. The van der Waals surface area contributed by atoms with Gasteiger partial charge in [0.2, 0.25) is 17.6 Å². The summed E-state index contributed by atoms with van der Waals surface area (Å²) in [4.78, 5) is 62.8. The molecule has 0 aliphatic carbocycles. The summed E-state index contributed by atoms with van der Waals surface area (Å²) in [6.07, 6.45) is 6.31. The predicted molar refractivity (Wildman–Crippen MR) is 198 cm³/mol. The number of aromatic nitrogens is 3. The molecule has 12 nitrogen and oxygen atoms in total. The molecule has 0 aliphatic rings. The van der Waals surface area contributed by atoms with Crippen molar-refractivity contribution < 1.29 is 23.9 Å². The molecule has 3 atom stereocenters. The number of carbonyl (C=O) groups excluding carboxylic acids is 4. The highest BCUT2D eigenvalue weighted by atomic mass is 32.1. The quantitative estimate of drug-likeness (QED) is 0.0352. The Morgan fingerprint density at radius 3 is 2.41 bits per heavy atom. The second-order valence-corrected chi connectivity index (χ2v) is 14.3. The number of nitrogens with one attached hydrogen (secondary N) is 3. The van der Waals surface area contributed by atoms with Crippen LogP contribution in [0.5, 0.6) is 0 Å². The number of amidine groups is 1. The Morgan fingerprint density at radius 1 is 0.961 bits per heavy atom. The molecule has 0 spiro atoms. The largest absolute Gasteiger partial charge is 0.388 e. The van der Waals surface area contributed by atoms with Gasteiger partial charge in [-0.2, -0.15) is 0 Å². The van der Waals surface area contributed by atoms with Crippen molar-refractivity contribution in [2.24, 2.45) is 17.6 Å². The molecule has 13 heteroatoms. The maximum absolute atomic E-state index is 14.0. The fraction of sp³-hybridized carbons (Fsp3) is 0.447. The van der Waals surface area contributed by atoms with Crippen LogP contribution in [0.2, 0.25) is 0 Å². The summed E-state index contributed by atoms with van der Waals surface area (Å²) in [6.45, 7) is 6.06. The predicted octanol–water partition coefficient (Wildman–Crippen LogP) is 5.59. The molecule has 0 aliphatic heterocycles. The molecule has 2 heterocycles. The van der Waals surface area contributed by atoms with Crippen molar-refractivity contribution in [2.45, 2.75) is 97.6 Å². The number of thiazole rings is 1. The van der Waals surface area contributed by atoms with E-state index in [1.165, 1.54) is 18.3 Å². The molecule has 0 radical (unpaired) electrons. The lowest BCUT2D eigenvalue weighted by Crippen LogP contribution is -2.46. The molecule has 0 unspecified atom stereocenters. The standard InChI is InChI=1S/C38H49N7O5S/c1-25(2)17-18-28(37(49)43-31(14-8-10-16-35(39)40)36(48)38-44-30-13-7-9-15-34(30)51-38)19-33(47)32(42-26(3)46)20-29-21-41-23-45(29)24-50-22-27-11-5-4-6-12-27/h4-7,9,11-13,15,21,23,25,28,31-32H,8,10,14,16-20,22,24H2,1-3H3,(H3,39,40)(H,42,46)(H,43,49)/t28-,31+,32+/m1/s1. The van der Waals surface area contributed by atoms with Crippen molar-refractivity contribution in [3.8, 4) is 0 Å². The van der Waals surface area contributed by atoms with Gasteiger partial charge in [-0.25, -0.2) is 9.97 Å². The number of para-hydroxylation sites is 1. The van der Waals surface area contributed by atoms with Crippen molar-refractivity contribution in [3.63, 3.8) is 0 Å². The number of nitrogens with zero attached hydrogens (tertiary/aromatic N) is 3. The van der Waals surface area contributed by atoms with E-state index in [9.17, 15) is 19.2 Å². The first-order valence-corrected chi connectivity index (χ1v) is 18.2. The molecule has 272 valence electrons. The van der Waals surface area contributed by atoms with E-state index >= 15 is 0 Å². The van der Waals surface area contributed by atoms with Gasteiger partial charge in [-0.05, 0) is 42.9 Å². The van der Waals surface area contributed by atoms with E-state index in [0.717, 1.165) is 10.3 Å². The monoisotopic (exact) mass is 715 g/mol. The van der Waals surface area contributed by atoms with E-state index in [1.807, 2.05) is 68.4 Å². The number of hydrogen-bond acceptors (Lipinski definition) is 9. The number of rotatable bonds is 22. The summed E-state index contributed by atoms with van der Waals surface area (Å²) in [5.74, 6) is -1.72. The van der Waals surface area contributed by atoms with Crippen molar-refractivity contribution in [3.05, 3.63) is 83.4 Å². The number of benzene rings is 2. The fourth-order valence-corrected chi connectivity index (χ4v) is 6.72. The van der Waals surface area contributed by atoms with Gasteiger partial charge in [-0.1, -0.05) is 69.2 Å². The van der Waals surface area contributed by atoms with Crippen LogP contribution in [-0.2, 0) is 38.9 Å². The maximum Gasteiger partial charge on any atom is 0.224 e. The van der Waals surface area contributed by atoms with Crippen LogP contribution < -0.4 is 16.4 Å². The Balaban J connectivity index is 1.48. The zero-order valence-corrected chi connectivity index (χ0v) is 30.4. The molecule has 2 amide bonds. The number of unbranched alkanes of at least 4 members (excludes halogenated alkanes) is 1. The van der Waals surface area contributed by atoms with Crippen molar-refractivity contribution in [1.82, 2.24) is 25.2 Å². The van der Waals surface area contributed by atoms with Gasteiger partial charge in [0.1, 0.15) is 6.73 Å². The highest BCUT2D eigenvalue weighted by Gasteiger charge is 2.32. The number of amides is 2. The third kappa shape index (κ3) is 12.5. The normalized spacial score (nSPS) is 13.1. The number of nitrogens with two attached hydrogens (primary N) is 1. The molecule has 0 bridgehead atoms. The molecule has 0 fully saturated rings. The van der Waals surface area contributed by atoms with Gasteiger partial charge in [-0.3, -0.25) is 24.6 Å². The number of carbonyl (C=O) groups is 4. The summed E-state index contributed by atoms with van der Waals surface area (Å²) in [5.41, 5.74) is 7.98. The van der Waals surface area contributed by atoms with Crippen LogP contribution >= 0.6 is 11.3 Å². The van der Waals surface area contributed by atoms with Crippen LogP contribution in [0.15, 0.2) is 67.1 Å². The first-order chi connectivity index (χ1) is 24.5. The van der Waals surface area contributed by atoms with Gasteiger partial charge in [0.05, 0.1) is 41.1 Å². The molecular formula is C38H49N7O5S. The topological polar surface area (TPSA) is 182 Å². The first kappa shape index (κ1) is 39.0. The van der Waals surface area contributed by atoms with E-state index in [0.29, 0.717) is 61.4 Å². The van der Waals surface area contributed by atoms with Crippen molar-refractivity contribution >= 4 is 50.8 Å². The van der Waals surface area contributed by atoms with Gasteiger partial charge in [-0.15, -0.1) is 11.3 Å². The second-order valence-electron chi connectivity index (χ2n) is 13.3. The Morgan fingerprint density at radius 2 is 1.71 bits per heavy atom. The molecule has 2 aromatic heterocycles. The van der Waals surface area contributed by atoms with E-state index in [2.05, 4.69) is 20.6 Å². The van der Waals surface area contributed by atoms with E-state index < -0.39 is 23.9 Å². The summed E-state index contributed by atoms with van der Waals surface area (Å²) in [6, 6.07) is 15.5. The number of ether oxygens (including phenoxy) is 1. The molecule has 0 saturated carbocycles. The lowest BCUT2D eigenvalue weighted by molar-refractivity contribution is -0.132. The average Bonchev–Trinajstić information content (AvgIpc) is 3.74. The lowest BCUT2D eigenvalue weighted by atomic mass is 9.89. The Labute approximate surface area is 303 Å². The minimum atomic E-state index is -0.895. The minimum Gasteiger partial charge on any atom is -0.388 e. The summed E-state index contributed by atoms with van der Waals surface area (Å²) < 4.78 is 8.54. The van der Waals surface area contributed by atoms with Crippen molar-refractivity contribution in [2.75, 3.05) is 0 Å². The van der Waals surface area contributed by atoms with Gasteiger partial charge in [0.15, 0.2) is 10.8 Å². The van der Waals surface area contributed by atoms with Gasteiger partial charge in [0, 0.05) is 44.0 Å². The number of fused-ring (bicyclic) bond motifs is 1. The first-order valence-electron chi connectivity index (χ1n) is 17.4. The van der Waals surface area contributed by atoms with E-state index in [-0.39, 0.29) is 48.8 Å². The molecule has 2 aromatic carbocycles. The molecule has 5 N–H and O–H groups in total. The summed E-state index contributed by atoms with van der Waals surface area (Å²) >= 11 is 1.28. The van der Waals surface area contributed by atoms with Crippen LogP contribution in [0.25, 0.3) is 10.2 Å². The van der Waals surface area contributed by atoms with Crippen molar-refractivity contribution in [1.29, 1.82) is 5.41 Å². The third-order valence-corrected chi connectivity index (χ3v) is 9.61. The smallest absolute Gasteiger partial charge is 0.224 e. The zero-order valence-electron chi connectivity index (χ0n) is 29.6. The van der Waals surface area contributed by atoms with Crippen LogP contribution in [0.1, 0.15) is 86.8 Å². The second kappa shape index (κ2) is 19.6. The molecule has 0 saturated heterocycles. The van der Waals surface area contributed by atoms with Gasteiger partial charge < -0.3 is 25.7 Å². The highest BCUT2D eigenvalue weighted by Crippen LogP contribution is 2.25. The highest BCUT2D eigenvalue weighted by molar-refractivity contribution is 7.20. The van der Waals surface area contributed by atoms with Crippen LogP contribution in [0, 0.1) is 17.2 Å². The Kier molecular flexibility index (Phi) is 15.0. The zero-order chi connectivity index (χ0) is 36.8. The summed E-state index contributed by atoms with van der Waals surface area (Å²) in [5, 5.41) is 13.6. The maximum atomic E-state index is 14.0. The van der Waals surface area contributed by atoms with E-state index in [1.54, 1.807) is 17.1 Å². The number of Topliss-reactive ketones (excluding diaryl/α,β-unsaturated/α-hetero) is 2. The molecule has 51 heavy (non-hydrogen) atoms. The van der Waals surface area contributed by atoms with Crippen LogP contribution in [-0.4, -0.2) is 55.8 Å². The SMILES string of the molecule is CC(=O)N[C@@H](Cc1cncn1COCc1ccccc1)C(=O)C[C@@H](CCC(C)C)C(=O)N[C@@H](CCCCC(=N)N)C(=O)c1nc2ccccc2s1. The van der Waals surface area contributed by atoms with Gasteiger partial charge >= 0.3 is 0 Å². The Hall–Kier alpha value is -4.75. The molecular weight excluding hydrogens is 667 g/mol. The lowest BCUT2D eigenvalue weighted by Gasteiger charge is -2.24. The number of ketones is 2. The third-order valence-electron chi connectivity index (χ3n) is 8.56. The van der Waals surface area contributed by atoms with Crippen LogP contribution in [0.4, 0.5) is 0 Å². The number of imidazole rings is 1. The molecule has 4 aromatic rings. The van der Waals surface area contributed by atoms with E-state index in [4.69, 9.17) is 15.9 Å². The number of hydrogen-bond donors (Lipinski definition) is 4. The average molecular weight is 716 g/mol. The minimum absolute atomic E-state index is 0.0665. The Bertz CT molecular complexity index is 1740. The van der Waals surface area contributed by atoms with Gasteiger partial charge in [0.25, 0.3) is 0 Å². The summed E-state index contributed by atoms with van der Waals surface area (Å²) in [7, 11) is 0. The van der Waals surface area contributed by atoms with Crippen LogP contribution in [0.3, 0.4) is 0 Å². The molecule has 4 rings (SSSR count).